The fraction of sp³-hybridized carbons (Fsp3) is 0.273. The third-order valence-corrected chi connectivity index (χ3v) is 5.01. The smallest absolute Gasteiger partial charge is 0.257 e. The first-order valence-electron chi connectivity index (χ1n) is 9.24. The largest absolute Gasteiger partial charge is 0.339 e. The van der Waals surface area contributed by atoms with Gasteiger partial charge in [-0.3, -0.25) is 4.79 Å². The van der Waals surface area contributed by atoms with Crippen molar-refractivity contribution in [3.8, 4) is 16.9 Å². The molecule has 1 aromatic heterocycles. The van der Waals surface area contributed by atoms with Crippen molar-refractivity contribution in [3.05, 3.63) is 71.9 Å². The molecule has 1 amide bonds. The van der Waals surface area contributed by atoms with Crippen molar-refractivity contribution in [3.63, 3.8) is 0 Å². The Balaban J connectivity index is 1.81. The molecule has 0 unspecified atom stereocenters. The average molecular weight is 345 g/mol. The summed E-state index contributed by atoms with van der Waals surface area (Å²) in [7, 11) is 0. The number of likely N-dealkylation sites (tertiary alicyclic amines) is 1. The lowest BCUT2D eigenvalue weighted by Crippen LogP contribution is -2.35. The van der Waals surface area contributed by atoms with Crippen LogP contribution >= 0.6 is 0 Å². The molecule has 0 N–H and O–H groups in total. The monoisotopic (exact) mass is 345 g/mol. The molecule has 0 spiro atoms. The van der Waals surface area contributed by atoms with Crippen LogP contribution in [0, 0.1) is 6.92 Å². The molecule has 1 aliphatic heterocycles. The summed E-state index contributed by atoms with van der Waals surface area (Å²) in [6.07, 6.45) is 5.25. The summed E-state index contributed by atoms with van der Waals surface area (Å²) in [5.41, 5.74) is 4.55. The predicted octanol–water partition coefficient (Wildman–Crippen LogP) is 4.47. The number of amides is 1. The summed E-state index contributed by atoms with van der Waals surface area (Å²) in [6.45, 7) is 3.73. The first-order chi connectivity index (χ1) is 12.7. The van der Waals surface area contributed by atoms with Gasteiger partial charge in [-0.2, -0.15) is 5.10 Å². The Morgan fingerprint density at radius 3 is 2.35 bits per heavy atom. The molecule has 1 aliphatic rings. The molecule has 0 aliphatic carbocycles. The molecule has 4 heteroatoms. The maximum Gasteiger partial charge on any atom is 0.257 e. The van der Waals surface area contributed by atoms with E-state index in [1.807, 2.05) is 64.3 Å². The van der Waals surface area contributed by atoms with Crippen LogP contribution in [0.25, 0.3) is 16.9 Å². The van der Waals surface area contributed by atoms with Crippen LogP contribution in [0.5, 0.6) is 0 Å². The Morgan fingerprint density at radius 1 is 0.923 bits per heavy atom. The van der Waals surface area contributed by atoms with Crippen molar-refractivity contribution < 1.29 is 4.79 Å². The van der Waals surface area contributed by atoms with Crippen LogP contribution in [0.1, 0.15) is 35.2 Å². The molecule has 1 saturated heterocycles. The minimum atomic E-state index is 0.0881. The Labute approximate surface area is 154 Å². The van der Waals surface area contributed by atoms with E-state index in [-0.39, 0.29) is 5.91 Å². The van der Waals surface area contributed by atoms with Gasteiger partial charge in [-0.25, -0.2) is 4.68 Å². The van der Waals surface area contributed by atoms with Crippen LogP contribution in [0.2, 0.25) is 0 Å². The average Bonchev–Trinajstić information content (AvgIpc) is 3.14. The minimum absolute atomic E-state index is 0.0881. The Kier molecular flexibility index (Phi) is 4.57. The second-order valence-electron chi connectivity index (χ2n) is 6.84. The standard InChI is InChI=1S/C22H23N3O/c1-17-10-6-7-13-19(17)21-20(22(26)24-14-8-3-9-15-24)16-25(23-21)18-11-4-2-5-12-18/h2,4-7,10-13,16H,3,8-9,14-15H2,1H3. The highest BCUT2D eigenvalue weighted by molar-refractivity contribution is 6.00. The van der Waals surface area contributed by atoms with Gasteiger partial charge in [0.2, 0.25) is 0 Å². The number of para-hydroxylation sites is 1. The molecule has 132 valence electrons. The molecule has 0 radical (unpaired) electrons. The maximum atomic E-state index is 13.2. The molecule has 4 rings (SSSR count). The first kappa shape index (κ1) is 16.6. The fourth-order valence-corrected chi connectivity index (χ4v) is 3.55. The number of benzene rings is 2. The molecule has 26 heavy (non-hydrogen) atoms. The molecule has 0 bridgehead atoms. The number of piperidine rings is 1. The van der Waals surface area contributed by atoms with Gasteiger partial charge in [0.05, 0.1) is 11.3 Å². The van der Waals surface area contributed by atoms with E-state index in [9.17, 15) is 4.79 Å². The van der Waals surface area contributed by atoms with Crippen LogP contribution in [0.3, 0.4) is 0 Å². The number of carbonyl (C=O) groups excluding carboxylic acids is 1. The van der Waals surface area contributed by atoms with Crippen LogP contribution in [-0.4, -0.2) is 33.7 Å². The third-order valence-electron chi connectivity index (χ3n) is 5.01. The third kappa shape index (κ3) is 3.15. The maximum absolute atomic E-state index is 13.2. The number of aromatic nitrogens is 2. The van der Waals surface area contributed by atoms with Gasteiger partial charge in [0, 0.05) is 24.8 Å². The van der Waals surface area contributed by atoms with Crippen LogP contribution in [0.15, 0.2) is 60.8 Å². The molecule has 0 atom stereocenters. The lowest BCUT2D eigenvalue weighted by atomic mass is 10.0. The van der Waals surface area contributed by atoms with Gasteiger partial charge >= 0.3 is 0 Å². The van der Waals surface area contributed by atoms with E-state index in [0.29, 0.717) is 5.56 Å². The summed E-state index contributed by atoms with van der Waals surface area (Å²) in [5.74, 6) is 0.0881. The molecule has 4 nitrogen and oxygen atoms in total. The zero-order valence-corrected chi connectivity index (χ0v) is 15.1. The van der Waals surface area contributed by atoms with Gasteiger partial charge in [0.1, 0.15) is 5.69 Å². The van der Waals surface area contributed by atoms with Crippen molar-refractivity contribution in [1.29, 1.82) is 0 Å². The SMILES string of the molecule is Cc1ccccc1-c1nn(-c2ccccc2)cc1C(=O)N1CCCCC1. The van der Waals surface area contributed by atoms with Crippen molar-refractivity contribution in [2.45, 2.75) is 26.2 Å². The predicted molar refractivity (Wildman–Crippen MR) is 103 cm³/mol. The highest BCUT2D eigenvalue weighted by Crippen LogP contribution is 2.28. The van der Waals surface area contributed by atoms with Crippen molar-refractivity contribution in [1.82, 2.24) is 14.7 Å². The van der Waals surface area contributed by atoms with E-state index >= 15 is 0 Å². The topological polar surface area (TPSA) is 38.1 Å². The normalized spacial score (nSPS) is 14.4. The molecule has 3 aromatic rings. The summed E-state index contributed by atoms with van der Waals surface area (Å²) in [4.78, 5) is 15.2. The summed E-state index contributed by atoms with van der Waals surface area (Å²) < 4.78 is 1.82. The van der Waals surface area contributed by atoms with Gasteiger partial charge in [-0.15, -0.1) is 0 Å². The summed E-state index contributed by atoms with van der Waals surface area (Å²) >= 11 is 0. The van der Waals surface area contributed by atoms with Crippen molar-refractivity contribution in [2.75, 3.05) is 13.1 Å². The zero-order valence-electron chi connectivity index (χ0n) is 15.1. The van der Waals surface area contributed by atoms with Gasteiger partial charge in [-0.05, 0) is 43.9 Å². The number of carbonyl (C=O) groups is 1. The van der Waals surface area contributed by atoms with Gasteiger partial charge < -0.3 is 4.90 Å². The number of nitrogens with zero attached hydrogens (tertiary/aromatic N) is 3. The lowest BCUT2D eigenvalue weighted by molar-refractivity contribution is 0.0725. The minimum Gasteiger partial charge on any atom is -0.339 e. The van der Waals surface area contributed by atoms with Gasteiger partial charge in [-0.1, -0.05) is 42.5 Å². The molecular formula is C22H23N3O. The van der Waals surface area contributed by atoms with Crippen LogP contribution in [0.4, 0.5) is 0 Å². The zero-order chi connectivity index (χ0) is 17.9. The Morgan fingerprint density at radius 2 is 1.62 bits per heavy atom. The van der Waals surface area contributed by atoms with E-state index in [1.165, 1.54) is 6.42 Å². The summed E-state index contributed by atoms with van der Waals surface area (Å²) in [5, 5.41) is 4.80. The highest BCUT2D eigenvalue weighted by atomic mass is 16.2. The van der Waals surface area contributed by atoms with E-state index in [2.05, 4.69) is 13.0 Å². The lowest BCUT2D eigenvalue weighted by Gasteiger charge is -2.26. The number of aryl methyl sites for hydroxylation is 1. The van der Waals surface area contributed by atoms with Crippen molar-refractivity contribution >= 4 is 5.91 Å². The highest BCUT2D eigenvalue weighted by Gasteiger charge is 2.25. The molecule has 1 fully saturated rings. The Hall–Kier alpha value is -2.88. The molecule has 2 aromatic carbocycles. The fourth-order valence-electron chi connectivity index (χ4n) is 3.55. The van der Waals surface area contributed by atoms with Crippen LogP contribution < -0.4 is 0 Å². The molecular weight excluding hydrogens is 322 g/mol. The number of rotatable bonds is 3. The van der Waals surface area contributed by atoms with E-state index < -0.39 is 0 Å². The quantitative estimate of drug-likeness (QED) is 0.702. The van der Waals surface area contributed by atoms with Gasteiger partial charge in [0.25, 0.3) is 5.91 Å². The van der Waals surface area contributed by atoms with E-state index in [0.717, 1.165) is 48.4 Å². The first-order valence-corrected chi connectivity index (χ1v) is 9.24. The van der Waals surface area contributed by atoms with E-state index in [4.69, 9.17) is 5.10 Å². The molecule has 0 saturated carbocycles. The Bertz CT molecular complexity index is 908. The summed E-state index contributed by atoms with van der Waals surface area (Å²) in [6, 6.07) is 18.1. The van der Waals surface area contributed by atoms with Gasteiger partial charge in [0.15, 0.2) is 0 Å². The number of hydrogen-bond donors (Lipinski definition) is 0. The van der Waals surface area contributed by atoms with E-state index in [1.54, 1.807) is 0 Å². The second-order valence-corrected chi connectivity index (χ2v) is 6.84. The second kappa shape index (κ2) is 7.16. The van der Waals surface area contributed by atoms with Crippen molar-refractivity contribution in [2.24, 2.45) is 0 Å². The van der Waals surface area contributed by atoms with Crippen LogP contribution in [-0.2, 0) is 0 Å². The molecule has 2 heterocycles. The number of hydrogen-bond acceptors (Lipinski definition) is 2.